The second kappa shape index (κ2) is 5.32. The minimum absolute atomic E-state index is 0.619. The van der Waals surface area contributed by atoms with E-state index in [0.717, 1.165) is 32.1 Å². The summed E-state index contributed by atoms with van der Waals surface area (Å²) in [4.78, 5) is 4.37. The largest absolute Gasteiger partial charge is 0.372 e. The Kier molecular flexibility index (Phi) is 3.77. The Morgan fingerprint density at radius 3 is 3.21 bits per heavy atom. The van der Waals surface area contributed by atoms with Crippen molar-refractivity contribution in [1.82, 2.24) is 10.6 Å². The second-order valence-corrected chi connectivity index (χ2v) is 3.91. The molecule has 0 aliphatic carbocycles. The summed E-state index contributed by atoms with van der Waals surface area (Å²) in [5, 5.41) is 6.85. The third kappa shape index (κ3) is 2.96. The maximum absolute atomic E-state index is 5.31. The summed E-state index contributed by atoms with van der Waals surface area (Å²) in [6, 6.07) is 0.619. The molecule has 0 aromatic rings. The third-order valence-electron chi connectivity index (χ3n) is 2.74. The first-order chi connectivity index (χ1) is 6.95. The molecule has 80 valence electrons. The minimum Gasteiger partial charge on any atom is -0.372 e. The summed E-state index contributed by atoms with van der Waals surface area (Å²) in [7, 11) is 0. The molecule has 2 aliphatic rings. The molecule has 4 nitrogen and oxygen atoms in total. The van der Waals surface area contributed by atoms with Crippen molar-refractivity contribution in [1.29, 1.82) is 0 Å². The zero-order chi connectivity index (χ0) is 9.64. The van der Waals surface area contributed by atoms with Crippen LogP contribution in [0, 0.1) is 0 Å². The van der Waals surface area contributed by atoms with Crippen LogP contribution in [0.1, 0.15) is 19.3 Å². The molecule has 1 saturated heterocycles. The van der Waals surface area contributed by atoms with Gasteiger partial charge in [0.25, 0.3) is 0 Å². The zero-order valence-electron chi connectivity index (χ0n) is 8.59. The van der Waals surface area contributed by atoms with E-state index < -0.39 is 0 Å². The molecule has 2 N–H and O–H groups in total. The standard InChI is InChI=1S/C10H19N3O/c1-2-4-11-9(3-1)7-13-10-8-14-6-5-12-10/h9,11H,1-8H2,(H,12,13). The van der Waals surface area contributed by atoms with Gasteiger partial charge in [-0.1, -0.05) is 6.42 Å². The van der Waals surface area contributed by atoms with Crippen LogP contribution in [0.5, 0.6) is 0 Å². The lowest BCUT2D eigenvalue weighted by Gasteiger charge is -2.25. The Morgan fingerprint density at radius 2 is 2.50 bits per heavy atom. The molecule has 2 heterocycles. The Morgan fingerprint density at radius 1 is 1.50 bits per heavy atom. The van der Waals surface area contributed by atoms with Crippen LogP contribution in [0.2, 0.25) is 0 Å². The maximum Gasteiger partial charge on any atom is 0.123 e. The van der Waals surface area contributed by atoms with Gasteiger partial charge in [0.2, 0.25) is 0 Å². The molecule has 0 aromatic heterocycles. The number of hydrogen-bond donors (Lipinski definition) is 2. The van der Waals surface area contributed by atoms with E-state index in [1.807, 2.05) is 0 Å². The number of rotatable bonds is 2. The molecule has 2 rings (SSSR count). The highest BCUT2D eigenvalue weighted by Crippen LogP contribution is 2.05. The predicted molar refractivity (Wildman–Crippen MR) is 56.8 cm³/mol. The van der Waals surface area contributed by atoms with E-state index in [1.165, 1.54) is 19.3 Å². The van der Waals surface area contributed by atoms with Gasteiger partial charge in [0, 0.05) is 12.6 Å². The fourth-order valence-electron chi connectivity index (χ4n) is 1.91. The highest BCUT2D eigenvalue weighted by molar-refractivity contribution is 5.83. The Labute approximate surface area is 85.1 Å². The molecule has 0 spiro atoms. The van der Waals surface area contributed by atoms with Gasteiger partial charge in [-0.3, -0.25) is 4.99 Å². The van der Waals surface area contributed by atoms with Gasteiger partial charge in [0.15, 0.2) is 0 Å². The lowest BCUT2D eigenvalue weighted by molar-refractivity contribution is 0.168. The van der Waals surface area contributed by atoms with Gasteiger partial charge < -0.3 is 15.4 Å². The molecule has 0 amide bonds. The van der Waals surface area contributed by atoms with Gasteiger partial charge in [0.05, 0.1) is 13.2 Å². The van der Waals surface area contributed by atoms with Crippen molar-refractivity contribution in [3.63, 3.8) is 0 Å². The van der Waals surface area contributed by atoms with Gasteiger partial charge in [-0.2, -0.15) is 0 Å². The van der Waals surface area contributed by atoms with E-state index in [2.05, 4.69) is 15.6 Å². The van der Waals surface area contributed by atoms with Crippen LogP contribution in [-0.2, 0) is 4.74 Å². The van der Waals surface area contributed by atoms with Crippen molar-refractivity contribution in [3.05, 3.63) is 0 Å². The van der Waals surface area contributed by atoms with Crippen molar-refractivity contribution in [2.24, 2.45) is 4.99 Å². The van der Waals surface area contributed by atoms with Crippen LogP contribution in [0.3, 0.4) is 0 Å². The zero-order valence-corrected chi connectivity index (χ0v) is 8.59. The monoisotopic (exact) mass is 197 g/mol. The van der Waals surface area contributed by atoms with E-state index in [0.29, 0.717) is 12.6 Å². The lowest BCUT2D eigenvalue weighted by Crippen LogP contribution is -2.45. The lowest BCUT2D eigenvalue weighted by atomic mass is 10.1. The quantitative estimate of drug-likeness (QED) is 0.662. The van der Waals surface area contributed by atoms with Gasteiger partial charge in [0.1, 0.15) is 12.4 Å². The van der Waals surface area contributed by atoms with Crippen LogP contribution in [-0.4, -0.2) is 44.7 Å². The molecule has 1 unspecified atom stereocenters. The molecule has 0 saturated carbocycles. The first-order valence-corrected chi connectivity index (χ1v) is 5.53. The minimum atomic E-state index is 0.619. The SMILES string of the molecule is C1CCC(CNC2=NCCOC2)NC1. The average Bonchev–Trinajstić information content (AvgIpc) is 2.29. The van der Waals surface area contributed by atoms with Gasteiger partial charge in [-0.25, -0.2) is 0 Å². The van der Waals surface area contributed by atoms with Gasteiger partial charge in [-0.05, 0) is 19.4 Å². The molecular weight excluding hydrogens is 178 g/mol. The third-order valence-corrected chi connectivity index (χ3v) is 2.74. The fourth-order valence-corrected chi connectivity index (χ4v) is 1.91. The molecule has 0 bridgehead atoms. The number of nitrogens with zero attached hydrogens (tertiary/aromatic N) is 1. The maximum atomic E-state index is 5.31. The van der Waals surface area contributed by atoms with E-state index >= 15 is 0 Å². The molecule has 14 heavy (non-hydrogen) atoms. The Balaban J connectivity index is 1.67. The van der Waals surface area contributed by atoms with Crippen LogP contribution in [0.4, 0.5) is 0 Å². The Hall–Kier alpha value is -0.610. The van der Waals surface area contributed by atoms with Crippen LogP contribution < -0.4 is 10.6 Å². The first-order valence-electron chi connectivity index (χ1n) is 5.53. The average molecular weight is 197 g/mol. The second-order valence-electron chi connectivity index (χ2n) is 3.91. The number of ether oxygens (including phenoxy) is 1. The van der Waals surface area contributed by atoms with E-state index in [1.54, 1.807) is 0 Å². The molecule has 4 heteroatoms. The number of amidine groups is 1. The fraction of sp³-hybridized carbons (Fsp3) is 0.900. The van der Waals surface area contributed by atoms with Crippen molar-refractivity contribution in [2.45, 2.75) is 25.3 Å². The summed E-state index contributed by atoms with van der Waals surface area (Å²) in [6.45, 7) is 4.39. The summed E-state index contributed by atoms with van der Waals surface area (Å²) >= 11 is 0. The highest BCUT2D eigenvalue weighted by Gasteiger charge is 2.13. The van der Waals surface area contributed by atoms with Crippen LogP contribution >= 0.6 is 0 Å². The molecule has 1 fully saturated rings. The van der Waals surface area contributed by atoms with E-state index in [-0.39, 0.29) is 0 Å². The van der Waals surface area contributed by atoms with Gasteiger partial charge >= 0.3 is 0 Å². The first kappa shape index (κ1) is 9.93. The molecule has 1 atom stereocenters. The van der Waals surface area contributed by atoms with Crippen molar-refractivity contribution >= 4 is 5.84 Å². The highest BCUT2D eigenvalue weighted by atomic mass is 16.5. The van der Waals surface area contributed by atoms with Crippen LogP contribution in [0.15, 0.2) is 4.99 Å². The number of hydrogen-bond acceptors (Lipinski definition) is 4. The molecule has 2 aliphatic heterocycles. The summed E-state index contributed by atoms with van der Waals surface area (Å²) in [5.41, 5.74) is 0. The van der Waals surface area contributed by atoms with Crippen molar-refractivity contribution in [3.8, 4) is 0 Å². The topological polar surface area (TPSA) is 45.7 Å². The molecule has 0 aromatic carbocycles. The van der Waals surface area contributed by atoms with Gasteiger partial charge in [-0.15, -0.1) is 0 Å². The Bertz CT molecular complexity index is 200. The predicted octanol–water partition coefficient (Wildman–Crippen LogP) is 0.147. The molecule has 0 radical (unpaired) electrons. The summed E-state index contributed by atoms with van der Waals surface area (Å²) in [5.74, 6) is 1.02. The molecular formula is C10H19N3O. The van der Waals surface area contributed by atoms with E-state index in [9.17, 15) is 0 Å². The number of piperidine rings is 1. The van der Waals surface area contributed by atoms with Crippen molar-refractivity contribution in [2.75, 3.05) is 32.8 Å². The van der Waals surface area contributed by atoms with E-state index in [4.69, 9.17) is 4.74 Å². The van der Waals surface area contributed by atoms with Crippen molar-refractivity contribution < 1.29 is 4.74 Å². The van der Waals surface area contributed by atoms with Crippen LogP contribution in [0.25, 0.3) is 0 Å². The summed E-state index contributed by atoms with van der Waals surface area (Å²) in [6.07, 6.45) is 3.95. The normalized spacial score (nSPS) is 28.3. The summed E-state index contributed by atoms with van der Waals surface area (Å²) < 4.78 is 5.31. The smallest absolute Gasteiger partial charge is 0.123 e. The number of aliphatic imine (C=N–C) groups is 1. The number of nitrogens with one attached hydrogen (secondary N) is 2.